The van der Waals surface area contributed by atoms with E-state index in [1.807, 2.05) is 0 Å². The molecule has 0 fully saturated rings. The minimum atomic E-state index is -0.702. The highest BCUT2D eigenvalue weighted by molar-refractivity contribution is 6.40. The molecule has 0 saturated heterocycles. The molecule has 0 aliphatic heterocycles. The zero-order valence-corrected chi connectivity index (χ0v) is 16.1. The average Bonchev–Trinajstić information content (AvgIpc) is 2.50. The second kappa shape index (κ2) is 7.98. The lowest BCUT2D eigenvalue weighted by molar-refractivity contribution is -0.152. The summed E-state index contributed by atoms with van der Waals surface area (Å²) < 4.78 is 5.31. The fourth-order valence-electron chi connectivity index (χ4n) is 2.28. The summed E-state index contributed by atoms with van der Waals surface area (Å²) in [5.74, 6) is -1.22. The summed E-state index contributed by atoms with van der Waals surface area (Å²) in [5, 5.41) is 10.1. The van der Waals surface area contributed by atoms with Crippen LogP contribution < -0.4 is 4.90 Å². The maximum Gasteiger partial charge on any atom is 0.326 e. The van der Waals surface area contributed by atoms with E-state index in [0.717, 1.165) is 0 Å². The molecule has 1 amide bonds. The number of amides is 1. The molecule has 7 heteroatoms. The molecule has 26 heavy (non-hydrogen) atoms. The number of benzene rings is 2. The minimum absolute atomic E-state index is 0.0465. The summed E-state index contributed by atoms with van der Waals surface area (Å²) in [6, 6.07) is 10.7. The van der Waals surface area contributed by atoms with Crippen molar-refractivity contribution in [1.29, 1.82) is 0 Å². The summed E-state index contributed by atoms with van der Waals surface area (Å²) >= 11 is 12.3. The van der Waals surface area contributed by atoms with Gasteiger partial charge in [-0.05, 0) is 45.0 Å². The van der Waals surface area contributed by atoms with Crippen LogP contribution in [-0.4, -0.2) is 29.1 Å². The number of esters is 1. The Balaban J connectivity index is 2.43. The molecule has 0 aromatic heterocycles. The number of rotatable bonds is 4. The van der Waals surface area contributed by atoms with E-state index < -0.39 is 17.5 Å². The third-order valence-corrected chi connectivity index (χ3v) is 3.90. The smallest absolute Gasteiger partial charge is 0.326 e. The number of halogens is 2. The van der Waals surface area contributed by atoms with Crippen molar-refractivity contribution in [3.8, 4) is 5.75 Å². The van der Waals surface area contributed by atoms with Crippen molar-refractivity contribution in [3.05, 3.63) is 58.1 Å². The number of carbonyl (C=O) groups is 2. The Kier molecular flexibility index (Phi) is 6.16. The molecule has 0 spiro atoms. The van der Waals surface area contributed by atoms with Gasteiger partial charge in [0.25, 0.3) is 5.91 Å². The van der Waals surface area contributed by atoms with Crippen molar-refractivity contribution in [3.63, 3.8) is 0 Å². The summed E-state index contributed by atoms with van der Waals surface area (Å²) in [5.41, 5.74) is -0.313. The van der Waals surface area contributed by atoms with Gasteiger partial charge in [-0.15, -0.1) is 0 Å². The third-order valence-electron chi connectivity index (χ3n) is 3.27. The molecule has 2 aromatic rings. The van der Waals surface area contributed by atoms with Gasteiger partial charge in [0, 0.05) is 11.8 Å². The van der Waals surface area contributed by atoms with Crippen LogP contribution in [0, 0.1) is 0 Å². The predicted octanol–water partition coefficient (Wildman–Crippen LogP) is 4.69. The summed E-state index contributed by atoms with van der Waals surface area (Å²) in [4.78, 5) is 26.5. The number of phenolic OH excluding ortho intramolecular Hbond substituents is 1. The Hall–Kier alpha value is -2.24. The Morgan fingerprint density at radius 1 is 1.08 bits per heavy atom. The zero-order chi connectivity index (χ0) is 19.5. The van der Waals surface area contributed by atoms with Crippen LogP contribution in [0.3, 0.4) is 0 Å². The summed E-state index contributed by atoms with van der Waals surface area (Å²) in [6.07, 6.45) is 0. The lowest BCUT2D eigenvalue weighted by Gasteiger charge is -2.26. The predicted molar refractivity (Wildman–Crippen MR) is 102 cm³/mol. The molecule has 0 aliphatic carbocycles. The van der Waals surface area contributed by atoms with Crippen molar-refractivity contribution >= 4 is 40.8 Å². The molecule has 2 aromatic carbocycles. The Bertz CT molecular complexity index is 810. The van der Waals surface area contributed by atoms with Crippen LogP contribution in [0.2, 0.25) is 10.0 Å². The van der Waals surface area contributed by atoms with E-state index in [1.165, 1.54) is 29.2 Å². The molecule has 0 heterocycles. The van der Waals surface area contributed by atoms with Gasteiger partial charge in [-0.1, -0.05) is 35.3 Å². The third kappa shape index (κ3) is 5.13. The molecular weight excluding hydrogens is 377 g/mol. The van der Waals surface area contributed by atoms with Gasteiger partial charge >= 0.3 is 5.97 Å². The van der Waals surface area contributed by atoms with Crippen molar-refractivity contribution in [1.82, 2.24) is 0 Å². The number of phenols is 1. The highest BCUT2D eigenvalue weighted by Gasteiger charge is 2.27. The van der Waals surface area contributed by atoms with E-state index in [0.29, 0.717) is 5.69 Å². The first-order valence-corrected chi connectivity index (χ1v) is 8.61. The maximum atomic E-state index is 13.1. The molecule has 0 saturated carbocycles. The number of nitrogens with zero attached hydrogens (tertiary/aromatic N) is 1. The molecule has 0 atom stereocenters. The molecule has 0 radical (unpaired) electrons. The largest absolute Gasteiger partial charge is 0.508 e. The molecule has 1 N–H and O–H groups in total. The fourth-order valence-corrected chi connectivity index (χ4v) is 2.84. The second-order valence-electron chi connectivity index (χ2n) is 6.59. The van der Waals surface area contributed by atoms with Gasteiger partial charge in [-0.2, -0.15) is 0 Å². The van der Waals surface area contributed by atoms with E-state index in [4.69, 9.17) is 27.9 Å². The Labute approximate surface area is 162 Å². The molecular formula is C19H19Cl2NO4. The topological polar surface area (TPSA) is 66.8 Å². The molecule has 0 aliphatic rings. The highest BCUT2D eigenvalue weighted by atomic mass is 35.5. The van der Waals surface area contributed by atoms with Gasteiger partial charge in [0.2, 0.25) is 0 Å². The monoisotopic (exact) mass is 395 g/mol. The number of ether oxygens (including phenoxy) is 1. The van der Waals surface area contributed by atoms with Gasteiger partial charge in [0.05, 0.1) is 15.6 Å². The van der Waals surface area contributed by atoms with E-state index in [1.54, 1.807) is 39.0 Å². The van der Waals surface area contributed by atoms with Crippen molar-refractivity contribution in [2.45, 2.75) is 26.4 Å². The summed E-state index contributed by atoms with van der Waals surface area (Å²) in [7, 11) is 0. The van der Waals surface area contributed by atoms with Crippen LogP contribution in [0.15, 0.2) is 42.5 Å². The standard InChI is InChI=1S/C19H19Cl2NO4/c1-19(2,3)26-16(24)11-22(12-6-4-7-13(23)10-12)18(25)17-14(20)8-5-9-15(17)21/h4-10,23H,11H2,1-3H3. The number of aromatic hydroxyl groups is 1. The fraction of sp³-hybridized carbons (Fsp3) is 0.263. The molecule has 0 unspecified atom stereocenters. The molecule has 0 bridgehead atoms. The summed E-state index contributed by atoms with van der Waals surface area (Å²) in [6.45, 7) is 4.84. The molecule has 2 rings (SSSR count). The highest BCUT2D eigenvalue weighted by Crippen LogP contribution is 2.29. The second-order valence-corrected chi connectivity index (χ2v) is 7.41. The van der Waals surface area contributed by atoms with Crippen molar-refractivity contribution in [2.24, 2.45) is 0 Å². The van der Waals surface area contributed by atoms with Crippen LogP contribution in [0.25, 0.3) is 0 Å². The van der Waals surface area contributed by atoms with Gasteiger partial charge in [0.15, 0.2) is 0 Å². The van der Waals surface area contributed by atoms with Gasteiger partial charge in [-0.3, -0.25) is 14.5 Å². The first kappa shape index (κ1) is 20.1. The Morgan fingerprint density at radius 3 is 2.19 bits per heavy atom. The van der Waals surface area contributed by atoms with Crippen molar-refractivity contribution in [2.75, 3.05) is 11.4 Å². The SMILES string of the molecule is CC(C)(C)OC(=O)CN(C(=O)c1c(Cl)cccc1Cl)c1cccc(O)c1. The van der Waals surface area contributed by atoms with Gasteiger partial charge in [-0.25, -0.2) is 0 Å². The van der Waals surface area contributed by atoms with Crippen LogP contribution in [0.5, 0.6) is 5.75 Å². The van der Waals surface area contributed by atoms with Gasteiger partial charge < -0.3 is 9.84 Å². The van der Waals surface area contributed by atoms with Crippen LogP contribution >= 0.6 is 23.2 Å². The van der Waals surface area contributed by atoms with Crippen LogP contribution in [0.4, 0.5) is 5.69 Å². The van der Waals surface area contributed by atoms with Crippen LogP contribution in [-0.2, 0) is 9.53 Å². The maximum absolute atomic E-state index is 13.1. The first-order valence-electron chi connectivity index (χ1n) is 7.85. The quantitative estimate of drug-likeness (QED) is 0.762. The average molecular weight is 396 g/mol. The number of anilines is 1. The van der Waals surface area contributed by atoms with E-state index in [9.17, 15) is 14.7 Å². The number of hydrogen-bond acceptors (Lipinski definition) is 4. The zero-order valence-electron chi connectivity index (χ0n) is 14.6. The lowest BCUT2D eigenvalue weighted by atomic mass is 10.1. The first-order chi connectivity index (χ1) is 12.1. The number of carbonyl (C=O) groups excluding carboxylic acids is 2. The molecule has 5 nitrogen and oxygen atoms in total. The van der Waals surface area contributed by atoms with E-state index >= 15 is 0 Å². The number of hydrogen-bond donors (Lipinski definition) is 1. The Morgan fingerprint density at radius 2 is 1.65 bits per heavy atom. The van der Waals surface area contributed by atoms with E-state index in [2.05, 4.69) is 0 Å². The normalized spacial score (nSPS) is 11.1. The van der Waals surface area contributed by atoms with E-state index in [-0.39, 0.29) is 27.9 Å². The van der Waals surface area contributed by atoms with Crippen LogP contribution in [0.1, 0.15) is 31.1 Å². The van der Waals surface area contributed by atoms with Gasteiger partial charge in [0.1, 0.15) is 17.9 Å². The molecule has 138 valence electrons. The lowest BCUT2D eigenvalue weighted by Crippen LogP contribution is -2.39. The van der Waals surface area contributed by atoms with Crippen molar-refractivity contribution < 1.29 is 19.4 Å². The minimum Gasteiger partial charge on any atom is -0.508 e.